The molecular formula is C10H12N2S. The Balaban J connectivity index is 2.14. The van der Waals surface area contributed by atoms with Crippen LogP contribution in [0.1, 0.15) is 23.4 Å². The molecule has 3 heteroatoms. The summed E-state index contributed by atoms with van der Waals surface area (Å²) in [5, 5.41) is 5.55. The number of hydrogen-bond acceptors (Lipinski definition) is 3. The van der Waals surface area contributed by atoms with Crippen molar-refractivity contribution in [3.8, 4) is 0 Å². The van der Waals surface area contributed by atoms with E-state index in [1.807, 2.05) is 6.92 Å². The van der Waals surface area contributed by atoms with Gasteiger partial charge in [0.2, 0.25) is 0 Å². The summed E-state index contributed by atoms with van der Waals surface area (Å²) in [6.45, 7) is 4.12. The Morgan fingerprint density at radius 1 is 1.23 bits per heavy atom. The Morgan fingerprint density at radius 2 is 1.92 bits per heavy atom. The van der Waals surface area contributed by atoms with E-state index in [0.29, 0.717) is 5.37 Å². The summed E-state index contributed by atoms with van der Waals surface area (Å²) >= 11 is 1.76. The van der Waals surface area contributed by atoms with E-state index in [0.717, 1.165) is 5.04 Å². The molecule has 1 heterocycles. The average Bonchev–Trinajstić information content (AvgIpc) is 2.53. The fourth-order valence-electron chi connectivity index (χ4n) is 1.26. The van der Waals surface area contributed by atoms with Crippen LogP contribution in [0.25, 0.3) is 0 Å². The molecular weight excluding hydrogens is 180 g/mol. The monoisotopic (exact) mass is 192 g/mol. The SMILES string of the molecule is CC1=NNC(c2ccc(C)cc2)S1. The van der Waals surface area contributed by atoms with Gasteiger partial charge in [-0.05, 0) is 19.4 Å². The minimum atomic E-state index is 0.306. The quantitative estimate of drug-likeness (QED) is 0.739. The summed E-state index contributed by atoms with van der Waals surface area (Å²) in [7, 11) is 0. The van der Waals surface area contributed by atoms with E-state index in [1.54, 1.807) is 11.8 Å². The van der Waals surface area contributed by atoms with Crippen LogP contribution >= 0.6 is 11.8 Å². The summed E-state index contributed by atoms with van der Waals surface area (Å²) in [5.74, 6) is 0. The van der Waals surface area contributed by atoms with Gasteiger partial charge in [0.15, 0.2) is 0 Å². The maximum Gasteiger partial charge on any atom is 0.120 e. The van der Waals surface area contributed by atoms with Gasteiger partial charge in [-0.3, -0.25) is 5.43 Å². The van der Waals surface area contributed by atoms with Gasteiger partial charge in [-0.2, -0.15) is 5.10 Å². The summed E-state index contributed by atoms with van der Waals surface area (Å²) in [4.78, 5) is 0. The van der Waals surface area contributed by atoms with Crippen LogP contribution in [0.3, 0.4) is 0 Å². The van der Waals surface area contributed by atoms with Gasteiger partial charge in [-0.15, -0.1) is 0 Å². The van der Waals surface area contributed by atoms with Crippen molar-refractivity contribution in [2.45, 2.75) is 19.2 Å². The highest BCUT2D eigenvalue weighted by atomic mass is 32.2. The molecule has 0 aliphatic carbocycles. The number of benzene rings is 1. The number of nitrogens with one attached hydrogen (secondary N) is 1. The third kappa shape index (κ3) is 1.86. The maximum absolute atomic E-state index is 4.15. The Kier molecular flexibility index (Phi) is 2.27. The van der Waals surface area contributed by atoms with Gasteiger partial charge in [-0.25, -0.2) is 0 Å². The first kappa shape index (κ1) is 8.63. The van der Waals surface area contributed by atoms with Gasteiger partial charge in [0, 0.05) is 0 Å². The molecule has 0 radical (unpaired) electrons. The van der Waals surface area contributed by atoms with Crippen molar-refractivity contribution in [3.63, 3.8) is 0 Å². The van der Waals surface area contributed by atoms with Gasteiger partial charge in [0.1, 0.15) is 5.37 Å². The largest absolute Gasteiger partial charge is 0.291 e. The second-order valence-electron chi connectivity index (χ2n) is 3.17. The van der Waals surface area contributed by atoms with Crippen molar-refractivity contribution in [1.82, 2.24) is 5.43 Å². The van der Waals surface area contributed by atoms with Crippen LogP contribution in [0.5, 0.6) is 0 Å². The normalized spacial score (nSPS) is 21.1. The molecule has 2 rings (SSSR count). The van der Waals surface area contributed by atoms with Crippen molar-refractivity contribution in [2.24, 2.45) is 5.10 Å². The highest BCUT2D eigenvalue weighted by Crippen LogP contribution is 2.31. The lowest BCUT2D eigenvalue weighted by molar-refractivity contribution is 0.743. The van der Waals surface area contributed by atoms with Gasteiger partial charge < -0.3 is 0 Å². The topological polar surface area (TPSA) is 24.4 Å². The first-order chi connectivity index (χ1) is 6.25. The molecule has 68 valence electrons. The molecule has 1 aromatic rings. The standard InChI is InChI=1S/C10H12N2S/c1-7-3-5-9(6-4-7)10-12-11-8(2)13-10/h3-6,10,12H,1-2H3. The van der Waals surface area contributed by atoms with Crippen molar-refractivity contribution < 1.29 is 0 Å². The highest BCUT2D eigenvalue weighted by molar-refractivity contribution is 8.14. The van der Waals surface area contributed by atoms with Crippen molar-refractivity contribution in [3.05, 3.63) is 35.4 Å². The molecule has 0 spiro atoms. The fourth-order valence-corrected chi connectivity index (χ4v) is 2.10. The number of thioether (sulfide) groups is 1. The van der Waals surface area contributed by atoms with E-state index in [-0.39, 0.29) is 0 Å². The first-order valence-electron chi connectivity index (χ1n) is 4.29. The first-order valence-corrected chi connectivity index (χ1v) is 5.17. The second-order valence-corrected chi connectivity index (χ2v) is 4.47. The Morgan fingerprint density at radius 3 is 2.46 bits per heavy atom. The number of aryl methyl sites for hydroxylation is 1. The van der Waals surface area contributed by atoms with E-state index in [9.17, 15) is 0 Å². The van der Waals surface area contributed by atoms with E-state index < -0.39 is 0 Å². The van der Waals surface area contributed by atoms with Crippen LogP contribution in [0.15, 0.2) is 29.4 Å². The molecule has 1 unspecified atom stereocenters. The zero-order valence-electron chi connectivity index (χ0n) is 7.74. The maximum atomic E-state index is 4.15. The molecule has 1 aliphatic heterocycles. The van der Waals surface area contributed by atoms with E-state index >= 15 is 0 Å². The molecule has 1 atom stereocenters. The van der Waals surface area contributed by atoms with Crippen molar-refractivity contribution in [2.75, 3.05) is 0 Å². The minimum Gasteiger partial charge on any atom is -0.291 e. The lowest BCUT2D eigenvalue weighted by atomic mass is 10.1. The number of hydrogen-bond donors (Lipinski definition) is 1. The van der Waals surface area contributed by atoms with Crippen LogP contribution in [-0.4, -0.2) is 5.04 Å². The molecule has 0 saturated heterocycles. The number of rotatable bonds is 1. The zero-order chi connectivity index (χ0) is 9.26. The Hall–Kier alpha value is -0.960. The molecule has 0 saturated carbocycles. The fraction of sp³-hybridized carbons (Fsp3) is 0.300. The van der Waals surface area contributed by atoms with Crippen LogP contribution in [-0.2, 0) is 0 Å². The van der Waals surface area contributed by atoms with Crippen LogP contribution in [0.4, 0.5) is 0 Å². The third-order valence-electron chi connectivity index (χ3n) is 2.01. The highest BCUT2D eigenvalue weighted by Gasteiger charge is 2.17. The lowest BCUT2D eigenvalue weighted by Crippen LogP contribution is -2.06. The Bertz CT molecular complexity index is 329. The molecule has 2 nitrogen and oxygen atoms in total. The van der Waals surface area contributed by atoms with E-state index in [4.69, 9.17) is 0 Å². The smallest absolute Gasteiger partial charge is 0.120 e. The predicted molar refractivity (Wildman–Crippen MR) is 57.8 cm³/mol. The molecule has 1 aromatic carbocycles. The van der Waals surface area contributed by atoms with E-state index in [1.165, 1.54) is 11.1 Å². The summed E-state index contributed by atoms with van der Waals surface area (Å²) in [5.41, 5.74) is 5.68. The van der Waals surface area contributed by atoms with Crippen LogP contribution < -0.4 is 5.43 Å². The summed E-state index contributed by atoms with van der Waals surface area (Å²) < 4.78 is 0. The molecule has 0 amide bonds. The van der Waals surface area contributed by atoms with Gasteiger partial charge in [-0.1, -0.05) is 41.6 Å². The molecule has 0 aromatic heterocycles. The molecule has 0 bridgehead atoms. The molecule has 13 heavy (non-hydrogen) atoms. The number of hydrazone groups is 1. The van der Waals surface area contributed by atoms with Crippen LogP contribution in [0, 0.1) is 6.92 Å². The second kappa shape index (κ2) is 3.42. The number of nitrogens with zero attached hydrogens (tertiary/aromatic N) is 1. The zero-order valence-corrected chi connectivity index (χ0v) is 8.56. The van der Waals surface area contributed by atoms with Crippen molar-refractivity contribution >= 4 is 16.8 Å². The van der Waals surface area contributed by atoms with Gasteiger partial charge >= 0.3 is 0 Å². The Labute approximate surface area is 82.4 Å². The predicted octanol–water partition coefficient (Wildman–Crippen LogP) is 2.66. The molecule has 1 N–H and O–H groups in total. The van der Waals surface area contributed by atoms with Gasteiger partial charge in [0.25, 0.3) is 0 Å². The average molecular weight is 192 g/mol. The lowest BCUT2D eigenvalue weighted by Gasteiger charge is -2.08. The molecule has 1 aliphatic rings. The van der Waals surface area contributed by atoms with E-state index in [2.05, 4.69) is 41.7 Å². The summed E-state index contributed by atoms with van der Waals surface area (Å²) in [6, 6.07) is 8.55. The summed E-state index contributed by atoms with van der Waals surface area (Å²) in [6.07, 6.45) is 0. The molecule has 0 fully saturated rings. The van der Waals surface area contributed by atoms with Crippen molar-refractivity contribution in [1.29, 1.82) is 0 Å². The van der Waals surface area contributed by atoms with Crippen LogP contribution in [0.2, 0.25) is 0 Å². The third-order valence-corrected chi connectivity index (χ3v) is 3.05. The van der Waals surface area contributed by atoms with Gasteiger partial charge in [0.05, 0.1) is 5.04 Å². The minimum absolute atomic E-state index is 0.306.